The zero-order valence-electron chi connectivity index (χ0n) is 13.7. The molecule has 0 spiro atoms. The van der Waals surface area contributed by atoms with E-state index in [1.165, 1.54) is 18.2 Å². The molecule has 0 N–H and O–H groups in total. The maximum atomic E-state index is 11.5. The van der Waals surface area contributed by atoms with Crippen LogP contribution in [0, 0.1) is 5.92 Å². The minimum Gasteiger partial charge on any atom is -0.497 e. The molecule has 0 aromatic heterocycles. The third-order valence-corrected chi connectivity index (χ3v) is 4.12. The van der Waals surface area contributed by atoms with Crippen LogP contribution in [0.5, 0.6) is 5.75 Å². The van der Waals surface area contributed by atoms with Crippen LogP contribution < -0.4 is 4.74 Å². The van der Waals surface area contributed by atoms with Crippen molar-refractivity contribution in [2.24, 2.45) is 5.92 Å². The van der Waals surface area contributed by atoms with E-state index in [4.69, 9.17) is 9.47 Å². The predicted octanol–water partition coefficient (Wildman–Crippen LogP) is 2.98. The van der Waals surface area contributed by atoms with Gasteiger partial charge in [0.15, 0.2) is 0 Å². The Hall–Kier alpha value is -1.81. The van der Waals surface area contributed by atoms with Gasteiger partial charge in [0, 0.05) is 6.54 Å². The summed E-state index contributed by atoms with van der Waals surface area (Å²) in [6, 6.07) is 8.07. The van der Waals surface area contributed by atoms with E-state index in [0.29, 0.717) is 0 Å². The SMILES string of the molecule is COC(=O)C1CCN(C/C(C)=C/c2ccc(OC)cc2)CC1. The summed E-state index contributed by atoms with van der Waals surface area (Å²) in [5.41, 5.74) is 2.50. The van der Waals surface area contributed by atoms with Crippen LogP contribution in [-0.4, -0.2) is 44.7 Å². The normalized spacial score (nSPS) is 17.3. The first-order valence-electron chi connectivity index (χ1n) is 7.73. The molecule has 1 heterocycles. The second kappa shape index (κ2) is 7.99. The van der Waals surface area contributed by atoms with Crippen molar-refractivity contribution in [1.29, 1.82) is 0 Å². The lowest BCUT2D eigenvalue weighted by Gasteiger charge is -2.30. The predicted molar refractivity (Wildman–Crippen MR) is 87.8 cm³/mol. The van der Waals surface area contributed by atoms with Crippen LogP contribution in [0.3, 0.4) is 0 Å². The minimum absolute atomic E-state index is 0.0647. The molecule has 0 amide bonds. The van der Waals surface area contributed by atoms with Crippen LogP contribution in [0.25, 0.3) is 6.08 Å². The van der Waals surface area contributed by atoms with E-state index >= 15 is 0 Å². The van der Waals surface area contributed by atoms with Gasteiger partial charge in [-0.05, 0) is 50.6 Å². The Kier molecular flexibility index (Phi) is 6.01. The Morgan fingerprint density at radius 3 is 2.41 bits per heavy atom. The maximum Gasteiger partial charge on any atom is 0.308 e. The molecular weight excluding hydrogens is 278 g/mol. The first-order valence-corrected chi connectivity index (χ1v) is 7.73. The van der Waals surface area contributed by atoms with E-state index in [2.05, 4.69) is 30.0 Å². The van der Waals surface area contributed by atoms with Crippen molar-refractivity contribution in [2.45, 2.75) is 19.8 Å². The second-order valence-corrected chi connectivity index (χ2v) is 5.84. The van der Waals surface area contributed by atoms with Crippen molar-refractivity contribution in [3.05, 3.63) is 35.4 Å². The first kappa shape index (κ1) is 16.6. The van der Waals surface area contributed by atoms with Crippen molar-refractivity contribution in [1.82, 2.24) is 4.90 Å². The van der Waals surface area contributed by atoms with Crippen LogP contribution in [0.2, 0.25) is 0 Å². The molecule has 0 bridgehead atoms. The number of methoxy groups -OCH3 is 2. The number of hydrogen-bond donors (Lipinski definition) is 0. The molecule has 1 aromatic rings. The molecule has 0 radical (unpaired) electrons. The topological polar surface area (TPSA) is 38.8 Å². The van der Waals surface area contributed by atoms with Gasteiger partial charge in [-0.15, -0.1) is 0 Å². The zero-order chi connectivity index (χ0) is 15.9. The summed E-state index contributed by atoms with van der Waals surface area (Å²) in [6.07, 6.45) is 3.98. The lowest BCUT2D eigenvalue weighted by Crippen LogP contribution is -2.37. The van der Waals surface area contributed by atoms with E-state index < -0.39 is 0 Å². The van der Waals surface area contributed by atoms with Gasteiger partial charge in [0.25, 0.3) is 0 Å². The fourth-order valence-electron chi connectivity index (χ4n) is 2.88. The van der Waals surface area contributed by atoms with Crippen molar-refractivity contribution in [3.63, 3.8) is 0 Å². The van der Waals surface area contributed by atoms with Gasteiger partial charge < -0.3 is 9.47 Å². The van der Waals surface area contributed by atoms with E-state index in [-0.39, 0.29) is 11.9 Å². The lowest BCUT2D eigenvalue weighted by atomic mass is 9.96. The summed E-state index contributed by atoms with van der Waals surface area (Å²) in [6.45, 7) is 5.00. The molecule has 4 heteroatoms. The summed E-state index contributed by atoms with van der Waals surface area (Å²) in [4.78, 5) is 13.9. The molecule has 2 rings (SSSR count). The van der Waals surface area contributed by atoms with Gasteiger partial charge >= 0.3 is 5.97 Å². The Morgan fingerprint density at radius 1 is 1.23 bits per heavy atom. The molecule has 0 atom stereocenters. The Bertz CT molecular complexity index is 514. The summed E-state index contributed by atoms with van der Waals surface area (Å²) in [7, 11) is 3.14. The standard InChI is InChI=1S/C18H25NO3/c1-14(12-15-4-6-17(21-2)7-5-15)13-19-10-8-16(9-11-19)18(20)22-3/h4-7,12,16H,8-11,13H2,1-3H3/b14-12+. The second-order valence-electron chi connectivity index (χ2n) is 5.84. The number of hydrogen-bond acceptors (Lipinski definition) is 4. The largest absolute Gasteiger partial charge is 0.497 e. The van der Waals surface area contributed by atoms with Crippen LogP contribution in [0.4, 0.5) is 0 Å². The third kappa shape index (κ3) is 4.60. The fourth-order valence-corrected chi connectivity index (χ4v) is 2.88. The number of nitrogens with zero attached hydrogens (tertiary/aromatic N) is 1. The van der Waals surface area contributed by atoms with E-state index in [1.54, 1.807) is 7.11 Å². The molecule has 0 aliphatic carbocycles. The van der Waals surface area contributed by atoms with E-state index in [9.17, 15) is 4.79 Å². The van der Waals surface area contributed by atoms with Crippen LogP contribution in [-0.2, 0) is 9.53 Å². The lowest BCUT2D eigenvalue weighted by molar-refractivity contribution is -0.147. The number of likely N-dealkylation sites (tertiary alicyclic amines) is 1. The number of piperidine rings is 1. The smallest absolute Gasteiger partial charge is 0.308 e. The number of esters is 1. The molecule has 22 heavy (non-hydrogen) atoms. The Labute approximate surface area is 132 Å². The van der Waals surface area contributed by atoms with Crippen LogP contribution in [0.1, 0.15) is 25.3 Å². The highest BCUT2D eigenvalue weighted by atomic mass is 16.5. The van der Waals surface area contributed by atoms with Gasteiger partial charge in [0.05, 0.1) is 20.1 Å². The van der Waals surface area contributed by atoms with Crippen LogP contribution in [0.15, 0.2) is 29.8 Å². The molecular formula is C18H25NO3. The highest BCUT2D eigenvalue weighted by Gasteiger charge is 2.25. The molecule has 1 fully saturated rings. The van der Waals surface area contributed by atoms with Gasteiger partial charge in [-0.25, -0.2) is 0 Å². The summed E-state index contributed by atoms with van der Waals surface area (Å²) >= 11 is 0. The number of carbonyl (C=O) groups is 1. The molecule has 120 valence electrons. The Balaban J connectivity index is 1.85. The average molecular weight is 303 g/mol. The van der Waals surface area contributed by atoms with Crippen LogP contribution >= 0.6 is 0 Å². The van der Waals surface area contributed by atoms with Crippen molar-refractivity contribution < 1.29 is 14.3 Å². The summed E-state index contributed by atoms with van der Waals surface area (Å²) in [5.74, 6) is 0.886. The molecule has 1 saturated heterocycles. The number of ether oxygens (including phenoxy) is 2. The number of benzene rings is 1. The van der Waals surface area contributed by atoms with Gasteiger partial charge in [-0.2, -0.15) is 0 Å². The van der Waals surface area contributed by atoms with Gasteiger partial charge in [0.2, 0.25) is 0 Å². The van der Waals surface area contributed by atoms with Gasteiger partial charge in [-0.1, -0.05) is 23.8 Å². The molecule has 0 saturated carbocycles. The highest BCUT2D eigenvalue weighted by molar-refractivity contribution is 5.72. The number of rotatable bonds is 5. The van der Waals surface area contributed by atoms with E-state index in [0.717, 1.165) is 38.2 Å². The van der Waals surface area contributed by atoms with Gasteiger partial charge in [0.1, 0.15) is 5.75 Å². The molecule has 4 nitrogen and oxygen atoms in total. The fraction of sp³-hybridized carbons (Fsp3) is 0.500. The highest BCUT2D eigenvalue weighted by Crippen LogP contribution is 2.20. The molecule has 0 unspecified atom stereocenters. The summed E-state index contributed by atoms with van der Waals surface area (Å²) < 4.78 is 9.99. The monoisotopic (exact) mass is 303 g/mol. The van der Waals surface area contributed by atoms with Gasteiger partial charge in [-0.3, -0.25) is 9.69 Å². The molecule has 1 aromatic carbocycles. The van der Waals surface area contributed by atoms with Crippen molar-refractivity contribution in [3.8, 4) is 5.75 Å². The average Bonchev–Trinajstić information content (AvgIpc) is 2.55. The minimum atomic E-state index is -0.0647. The number of carbonyl (C=O) groups excluding carboxylic acids is 1. The zero-order valence-corrected chi connectivity index (χ0v) is 13.7. The molecule has 1 aliphatic heterocycles. The van der Waals surface area contributed by atoms with Crippen molar-refractivity contribution in [2.75, 3.05) is 33.9 Å². The summed E-state index contributed by atoms with van der Waals surface area (Å²) in [5, 5.41) is 0. The first-order chi connectivity index (χ1) is 10.6. The van der Waals surface area contributed by atoms with Crippen molar-refractivity contribution >= 4 is 12.0 Å². The maximum absolute atomic E-state index is 11.5. The quantitative estimate of drug-likeness (QED) is 0.784. The Morgan fingerprint density at radius 2 is 1.86 bits per heavy atom. The third-order valence-electron chi connectivity index (χ3n) is 4.12. The van der Waals surface area contributed by atoms with E-state index in [1.807, 2.05) is 12.1 Å². The molecule has 1 aliphatic rings.